The molecule has 6 atom stereocenters. The predicted octanol–water partition coefficient (Wildman–Crippen LogP) is 18.0. The highest BCUT2D eigenvalue weighted by Gasteiger charge is 2.63. The molecule has 0 unspecified atom stereocenters. The number of nitrogens with zero attached hydrogens (tertiary/aromatic N) is 18. The number of halogens is 24. The van der Waals surface area contributed by atoms with Crippen molar-refractivity contribution in [2.45, 2.75) is 71.8 Å². The van der Waals surface area contributed by atoms with Crippen molar-refractivity contribution in [3.05, 3.63) is 319 Å². The van der Waals surface area contributed by atoms with E-state index in [0.717, 1.165) is 32.2 Å². The van der Waals surface area contributed by atoms with Gasteiger partial charge in [0.15, 0.2) is 69.8 Å². The van der Waals surface area contributed by atoms with E-state index in [1.807, 2.05) is 0 Å². The SMILES string of the molecule is Fc1c(F)c(F)c(-n2cc(-c3cc(-n4cc([C@@]56C[C@@H]5c5ccc(cc5)[C@]5(c7cn(-c8cc(-c9cn(-c%10c(F)c(F)c(F)c(F)c%10F)nn9)cc(C(F)(F)F)c8)nn7)C[C@@H]5c5ccc(cc5)[C@]5(c7cn(-c8cc(-c9cn(-c%10c(F)c(F)c(F)c(F)c%10F)nn9)cc(C(F)(F)F)c8)nn7)C[C@@H]5c5ccc6cc5)nn4)cc(C(F)(F)F)c3)nn2)c(F)c1F. The predicted molar refractivity (Wildman–Crippen MR) is 363 cm³/mol. The second-order valence-corrected chi connectivity index (χ2v) is 28.9. The van der Waals surface area contributed by atoms with E-state index in [2.05, 4.69) is 61.9 Å². The molecule has 15 aromatic rings. The molecule has 3 saturated carbocycles. The van der Waals surface area contributed by atoms with Crippen molar-refractivity contribution in [1.29, 1.82) is 0 Å². The lowest BCUT2D eigenvalue weighted by Gasteiger charge is -2.21. The van der Waals surface area contributed by atoms with Crippen molar-refractivity contribution < 1.29 is 105 Å². The summed E-state index contributed by atoms with van der Waals surface area (Å²) >= 11 is 0. The molecular weight excluding hydrogens is 1640 g/mol. The van der Waals surface area contributed by atoms with Gasteiger partial charge in [-0.15, -0.1) is 30.6 Å². The van der Waals surface area contributed by atoms with Crippen LogP contribution in [0.25, 0.3) is 67.9 Å². The highest BCUT2D eigenvalue weighted by Crippen LogP contribution is 2.69. The summed E-state index contributed by atoms with van der Waals surface area (Å²) in [4.78, 5) is 0. The number of fused-ring (bicyclic) bond motifs is 3. The van der Waals surface area contributed by atoms with Gasteiger partial charge in [0.25, 0.3) is 0 Å². The number of hydrogen-bond donors (Lipinski definition) is 0. The monoisotopic (exact) mass is 1680 g/mol. The standard InChI is InChI=1S/C78H36F24N18/c79-55-58(82)64(88)70(65(89)59(55)83)118-25-49(103-109-118)34-13-40(76(94,95)96)19-43(16-34)115-28-52(106-112-115)73-23-47(73)32-5-11-39(12-6-32)75(54-30-117(114-108-54)45-18-36(15-42(21-45)78(100,101)102)51-27-120(111-105-51)72-68(92)62(86)57(81)63(87)69(72)93)24-48(75)33-3-9-38(10-4-33)74(22-46(74)31-1-7-37(73)8-2-31)53-29-116(113-107-53)44-17-35(14-41(20-44)77(97,98)99)50-26-119(110-104-50)71-66(90)60(84)56(80)61(85)67(71)91/h1-21,25-30,46-48H,22-24H2/t46-,47-,48-,73-,74-,75-/m1/s1. The molecule has 0 saturated heterocycles. The third-order valence-electron chi connectivity index (χ3n) is 22.4. The molecule has 6 bridgehead atoms. The first-order valence-corrected chi connectivity index (χ1v) is 35.1. The van der Waals surface area contributed by atoms with E-state index in [-0.39, 0.29) is 67.5 Å². The molecule has 9 aromatic carbocycles. The Kier molecular flexibility index (Phi) is 16.7. The quantitative estimate of drug-likeness (QED) is 0.0641. The average molecular weight is 1680 g/mol. The Morgan fingerprint density at radius 3 is 0.692 bits per heavy atom. The summed E-state index contributed by atoms with van der Waals surface area (Å²) in [6.07, 6.45) is -8.75. The molecule has 6 heterocycles. The van der Waals surface area contributed by atoms with E-state index in [1.165, 1.54) is 18.6 Å². The summed E-state index contributed by atoms with van der Waals surface area (Å²) in [5.41, 5.74) is -12.2. The van der Waals surface area contributed by atoms with E-state index in [4.69, 9.17) is 0 Å². The summed E-state index contributed by atoms with van der Waals surface area (Å²) < 4.78 is 357. The largest absolute Gasteiger partial charge is 0.416 e. The Balaban J connectivity index is 0.724. The highest BCUT2D eigenvalue weighted by atomic mass is 19.4. The molecular formula is C78H36F24N18. The van der Waals surface area contributed by atoms with Crippen molar-refractivity contribution >= 4 is 0 Å². The molecule has 0 radical (unpaired) electrons. The van der Waals surface area contributed by atoms with Crippen LogP contribution in [0.2, 0.25) is 0 Å². The molecule has 18 nitrogen and oxygen atoms in total. The molecule has 0 N–H and O–H groups in total. The molecule has 0 aliphatic heterocycles. The number of rotatable bonds is 12. The Morgan fingerprint density at radius 1 is 0.250 bits per heavy atom. The second-order valence-electron chi connectivity index (χ2n) is 28.9. The Labute approximate surface area is 651 Å². The zero-order chi connectivity index (χ0) is 84.4. The van der Waals surface area contributed by atoms with Crippen LogP contribution in [0.1, 0.15) is 104 Å². The summed E-state index contributed by atoms with van der Waals surface area (Å²) in [5.74, 6) is -37.2. The van der Waals surface area contributed by atoms with Gasteiger partial charge in [-0.05, 0) is 107 Å². The zero-order valence-electron chi connectivity index (χ0n) is 59.1. The molecule has 606 valence electrons. The number of aromatic nitrogens is 18. The molecule has 7 aliphatic carbocycles. The Hall–Kier alpha value is -13.9. The molecule has 3 fully saturated rings. The fraction of sp³-hybridized carbons (Fsp3) is 0.154. The van der Waals surface area contributed by atoms with E-state index in [9.17, 15) is 79.0 Å². The van der Waals surface area contributed by atoms with E-state index in [0.29, 0.717) is 88.4 Å². The number of alkyl halides is 9. The molecule has 0 spiro atoms. The topological polar surface area (TPSA) is 184 Å². The van der Waals surface area contributed by atoms with Gasteiger partial charge in [-0.1, -0.05) is 104 Å². The van der Waals surface area contributed by atoms with Crippen molar-refractivity contribution in [1.82, 2.24) is 90.0 Å². The maximum Gasteiger partial charge on any atom is 0.416 e. The minimum absolute atomic E-state index is 0.146. The summed E-state index contributed by atoms with van der Waals surface area (Å²) in [6, 6.07) is 28.6. The lowest BCUT2D eigenvalue weighted by atomic mass is 9.83. The van der Waals surface area contributed by atoms with Gasteiger partial charge in [0.05, 0.1) is 88.0 Å². The summed E-state index contributed by atoms with van der Waals surface area (Å²) in [7, 11) is 0. The lowest BCUT2D eigenvalue weighted by Crippen LogP contribution is -2.16. The van der Waals surface area contributed by atoms with Gasteiger partial charge >= 0.3 is 18.5 Å². The zero-order valence-corrected chi connectivity index (χ0v) is 59.1. The van der Waals surface area contributed by atoms with Crippen LogP contribution in [-0.2, 0) is 34.8 Å². The Bertz CT molecular complexity index is 6080. The van der Waals surface area contributed by atoms with Gasteiger partial charge in [-0.25, -0.2) is 93.9 Å². The smallest absolute Gasteiger partial charge is 0.220 e. The first kappa shape index (κ1) is 76.1. The maximum atomic E-state index is 15.0. The van der Waals surface area contributed by atoms with Crippen LogP contribution < -0.4 is 0 Å². The minimum atomic E-state index is -5.12. The summed E-state index contributed by atoms with van der Waals surface area (Å²) in [6.45, 7) is 0. The summed E-state index contributed by atoms with van der Waals surface area (Å²) in [5, 5.41) is 48.0. The van der Waals surface area contributed by atoms with Crippen LogP contribution in [-0.4, -0.2) is 90.0 Å². The van der Waals surface area contributed by atoms with Crippen molar-refractivity contribution in [2.75, 3.05) is 0 Å². The number of hydrogen-bond acceptors (Lipinski definition) is 12. The molecule has 6 aromatic heterocycles. The third kappa shape index (κ3) is 11.7. The minimum Gasteiger partial charge on any atom is -0.220 e. The second kappa shape index (κ2) is 26.3. The third-order valence-corrected chi connectivity index (χ3v) is 22.4. The van der Waals surface area contributed by atoms with Gasteiger partial charge in [0.2, 0.25) is 17.5 Å². The van der Waals surface area contributed by atoms with Crippen LogP contribution in [0.15, 0.2) is 165 Å². The molecule has 120 heavy (non-hydrogen) atoms. The average Bonchev–Trinajstić information content (AvgIpc) is 1.52. The fourth-order valence-corrected chi connectivity index (χ4v) is 16.1. The van der Waals surface area contributed by atoms with Crippen LogP contribution in [0.5, 0.6) is 0 Å². The van der Waals surface area contributed by atoms with Crippen molar-refractivity contribution in [3.8, 4) is 67.9 Å². The van der Waals surface area contributed by atoms with Crippen molar-refractivity contribution in [2.24, 2.45) is 0 Å². The number of benzene rings is 9. The van der Waals surface area contributed by atoms with Gasteiger partial charge in [0.1, 0.15) is 34.1 Å². The molecule has 42 heteroatoms. The van der Waals surface area contributed by atoms with Crippen molar-refractivity contribution in [3.63, 3.8) is 0 Å². The molecule has 22 rings (SSSR count). The van der Waals surface area contributed by atoms with Gasteiger partial charge in [-0.3, -0.25) is 0 Å². The van der Waals surface area contributed by atoms with E-state index in [1.54, 1.807) is 72.8 Å². The van der Waals surface area contributed by atoms with E-state index < -0.39 is 207 Å². The first-order valence-electron chi connectivity index (χ1n) is 35.1. The molecule has 0 amide bonds. The first-order chi connectivity index (χ1) is 57.0. The van der Waals surface area contributed by atoms with Gasteiger partial charge in [-0.2, -0.15) is 39.5 Å². The van der Waals surface area contributed by atoms with Gasteiger partial charge < -0.3 is 0 Å². The lowest BCUT2D eigenvalue weighted by molar-refractivity contribution is -0.138. The van der Waals surface area contributed by atoms with Crippen LogP contribution in [0, 0.1) is 87.3 Å². The molecule has 7 aliphatic rings. The van der Waals surface area contributed by atoms with Gasteiger partial charge in [0, 0.05) is 50.7 Å². The maximum absolute atomic E-state index is 15.0. The highest BCUT2D eigenvalue weighted by molar-refractivity contribution is 5.68. The van der Waals surface area contributed by atoms with E-state index >= 15 is 26.3 Å². The fourth-order valence-electron chi connectivity index (χ4n) is 16.1. The van der Waals surface area contributed by atoms with Crippen LogP contribution in [0.3, 0.4) is 0 Å². The normalized spacial score (nSPS) is 19.2. The van der Waals surface area contributed by atoms with Crippen LogP contribution in [0.4, 0.5) is 105 Å². The van der Waals surface area contributed by atoms with Crippen LogP contribution >= 0.6 is 0 Å². The Morgan fingerprint density at radius 2 is 0.467 bits per heavy atom.